The lowest BCUT2D eigenvalue weighted by Crippen LogP contribution is -2.42. The molecule has 0 aromatic heterocycles. The van der Waals surface area contributed by atoms with Crippen molar-refractivity contribution in [2.45, 2.75) is 58.0 Å². The molecule has 0 aliphatic heterocycles. The van der Waals surface area contributed by atoms with Gasteiger partial charge in [-0.2, -0.15) is 0 Å². The van der Waals surface area contributed by atoms with E-state index in [9.17, 15) is 4.79 Å². The summed E-state index contributed by atoms with van der Waals surface area (Å²) in [6.07, 6.45) is 8.34. The Morgan fingerprint density at radius 2 is 2.00 bits per heavy atom. The highest BCUT2D eigenvalue weighted by atomic mass is 16.5. The summed E-state index contributed by atoms with van der Waals surface area (Å²) in [6, 6.07) is 17.1. The highest BCUT2D eigenvalue weighted by molar-refractivity contribution is 5.89. The SMILES string of the molecule is C=CC[C@@H]1C[C@H]2[C@@H]3CCc4cc(OCc5ccccc5)ccc4[C@H]3CC[C@]2(C)C1=O. The molecule has 0 radical (unpaired) electrons. The number of rotatable bonds is 5. The first-order valence-corrected chi connectivity index (χ1v) is 11.5. The second-order valence-corrected chi connectivity index (χ2v) is 9.83. The number of fused-ring (bicyclic) bond motifs is 5. The molecule has 2 saturated carbocycles. The fourth-order valence-electron chi connectivity index (χ4n) is 6.73. The normalized spacial score (nSPS) is 32.1. The summed E-state index contributed by atoms with van der Waals surface area (Å²) in [5.74, 6) is 3.47. The summed E-state index contributed by atoms with van der Waals surface area (Å²) in [6.45, 7) is 6.76. The van der Waals surface area contributed by atoms with Crippen molar-refractivity contribution in [2.24, 2.45) is 23.2 Å². The number of ether oxygens (including phenoxy) is 1. The highest BCUT2D eigenvalue weighted by Gasteiger charge is 2.57. The minimum absolute atomic E-state index is 0.106. The Labute approximate surface area is 180 Å². The van der Waals surface area contributed by atoms with Crippen LogP contribution in [0.2, 0.25) is 0 Å². The van der Waals surface area contributed by atoms with Gasteiger partial charge in [0.15, 0.2) is 0 Å². The number of hydrogen-bond acceptors (Lipinski definition) is 2. The molecule has 2 heteroatoms. The fourth-order valence-corrected chi connectivity index (χ4v) is 6.73. The quantitative estimate of drug-likeness (QED) is 0.536. The van der Waals surface area contributed by atoms with Gasteiger partial charge >= 0.3 is 0 Å². The monoisotopic (exact) mass is 400 g/mol. The van der Waals surface area contributed by atoms with Gasteiger partial charge in [0.2, 0.25) is 0 Å². The molecular weight excluding hydrogens is 368 g/mol. The molecule has 2 aromatic carbocycles. The third-order valence-corrected chi connectivity index (χ3v) is 8.26. The predicted octanol–water partition coefficient (Wildman–Crippen LogP) is 6.49. The smallest absolute Gasteiger partial charge is 0.142 e. The molecule has 0 bridgehead atoms. The van der Waals surface area contributed by atoms with Crippen LogP contribution in [0.4, 0.5) is 0 Å². The first-order valence-electron chi connectivity index (χ1n) is 11.5. The van der Waals surface area contributed by atoms with Crippen molar-refractivity contribution >= 4 is 5.78 Å². The lowest BCUT2D eigenvalue weighted by atomic mass is 9.55. The number of aryl methyl sites for hydroxylation is 1. The minimum Gasteiger partial charge on any atom is -0.489 e. The maximum atomic E-state index is 13.1. The summed E-state index contributed by atoms with van der Waals surface area (Å²) in [5, 5.41) is 0. The van der Waals surface area contributed by atoms with Crippen molar-refractivity contribution in [3.05, 3.63) is 77.9 Å². The van der Waals surface area contributed by atoms with Crippen molar-refractivity contribution < 1.29 is 9.53 Å². The van der Waals surface area contributed by atoms with Crippen molar-refractivity contribution in [1.82, 2.24) is 0 Å². The number of allylic oxidation sites excluding steroid dienone is 1. The van der Waals surface area contributed by atoms with Crippen LogP contribution in [0.15, 0.2) is 61.2 Å². The van der Waals surface area contributed by atoms with Crippen molar-refractivity contribution in [3.63, 3.8) is 0 Å². The van der Waals surface area contributed by atoms with Crippen molar-refractivity contribution in [1.29, 1.82) is 0 Å². The number of carbonyl (C=O) groups is 1. The Hall–Kier alpha value is -2.35. The van der Waals surface area contributed by atoms with E-state index in [1.165, 1.54) is 23.1 Å². The molecule has 0 unspecified atom stereocenters. The molecule has 2 aromatic rings. The van der Waals surface area contributed by atoms with Crippen LogP contribution in [0, 0.1) is 23.2 Å². The van der Waals surface area contributed by atoms with Crippen LogP contribution in [0.1, 0.15) is 61.6 Å². The number of carbonyl (C=O) groups excluding carboxylic acids is 1. The molecule has 0 spiro atoms. The van der Waals surface area contributed by atoms with E-state index in [0.29, 0.717) is 30.1 Å². The van der Waals surface area contributed by atoms with E-state index >= 15 is 0 Å². The lowest BCUT2D eigenvalue weighted by Gasteiger charge is -2.48. The van der Waals surface area contributed by atoms with E-state index in [4.69, 9.17) is 4.74 Å². The molecule has 156 valence electrons. The van der Waals surface area contributed by atoms with Gasteiger partial charge in [-0.25, -0.2) is 0 Å². The van der Waals surface area contributed by atoms with Crippen LogP contribution in [0.25, 0.3) is 0 Å². The summed E-state index contributed by atoms with van der Waals surface area (Å²) < 4.78 is 6.08. The van der Waals surface area contributed by atoms with Crippen LogP contribution in [-0.2, 0) is 17.8 Å². The average molecular weight is 401 g/mol. The Balaban J connectivity index is 1.34. The molecule has 2 fully saturated rings. The van der Waals surface area contributed by atoms with Crippen LogP contribution >= 0.6 is 0 Å². The van der Waals surface area contributed by atoms with E-state index in [2.05, 4.69) is 56.0 Å². The van der Waals surface area contributed by atoms with Gasteiger partial charge in [0.25, 0.3) is 0 Å². The van der Waals surface area contributed by atoms with Crippen LogP contribution in [0.3, 0.4) is 0 Å². The number of benzene rings is 2. The molecule has 2 nitrogen and oxygen atoms in total. The van der Waals surface area contributed by atoms with Gasteiger partial charge in [-0.3, -0.25) is 4.79 Å². The fraction of sp³-hybridized carbons (Fsp3) is 0.464. The molecule has 0 amide bonds. The van der Waals surface area contributed by atoms with Crippen LogP contribution in [-0.4, -0.2) is 5.78 Å². The first-order chi connectivity index (χ1) is 14.6. The molecule has 0 N–H and O–H groups in total. The summed E-state index contributed by atoms with van der Waals surface area (Å²) in [7, 11) is 0. The van der Waals surface area contributed by atoms with Gasteiger partial charge in [0.1, 0.15) is 18.1 Å². The lowest BCUT2D eigenvalue weighted by molar-refractivity contribution is -0.131. The van der Waals surface area contributed by atoms with Crippen LogP contribution in [0.5, 0.6) is 5.75 Å². The Morgan fingerprint density at radius 1 is 1.17 bits per heavy atom. The van der Waals surface area contributed by atoms with E-state index in [1.807, 2.05) is 12.1 Å². The zero-order valence-electron chi connectivity index (χ0n) is 18.0. The van der Waals surface area contributed by atoms with Gasteiger partial charge < -0.3 is 4.74 Å². The maximum Gasteiger partial charge on any atom is 0.142 e. The van der Waals surface area contributed by atoms with Gasteiger partial charge in [-0.05, 0) is 85.1 Å². The van der Waals surface area contributed by atoms with Gasteiger partial charge in [-0.1, -0.05) is 49.4 Å². The van der Waals surface area contributed by atoms with E-state index in [1.54, 1.807) is 0 Å². The van der Waals surface area contributed by atoms with Gasteiger partial charge in [0, 0.05) is 11.3 Å². The Bertz CT molecular complexity index is 946. The van der Waals surface area contributed by atoms with E-state index in [-0.39, 0.29) is 11.3 Å². The molecule has 5 atom stereocenters. The minimum atomic E-state index is -0.106. The zero-order chi connectivity index (χ0) is 20.7. The maximum absolute atomic E-state index is 13.1. The van der Waals surface area contributed by atoms with Gasteiger partial charge in [0.05, 0.1) is 0 Å². The first kappa shape index (κ1) is 19.6. The topological polar surface area (TPSA) is 26.3 Å². The van der Waals surface area contributed by atoms with E-state index in [0.717, 1.165) is 37.9 Å². The standard InChI is InChI=1S/C28H32O2/c1-3-7-21-17-26-25-12-10-20-16-22(30-18-19-8-5-4-6-9-19)11-13-23(20)24(25)14-15-28(26,2)27(21)29/h3-6,8-9,11,13,16,21,24-26H,1,7,10,12,14-15,17-18H2,2H3/t21-,24-,25-,26+,28+/m1/s1. The molecule has 5 rings (SSSR count). The highest BCUT2D eigenvalue weighted by Crippen LogP contribution is 2.61. The van der Waals surface area contributed by atoms with E-state index < -0.39 is 0 Å². The predicted molar refractivity (Wildman–Crippen MR) is 121 cm³/mol. The zero-order valence-corrected chi connectivity index (χ0v) is 18.0. The summed E-state index contributed by atoms with van der Waals surface area (Å²) >= 11 is 0. The van der Waals surface area contributed by atoms with Crippen molar-refractivity contribution in [2.75, 3.05) is 0 Å². The van der Waals surface area contributed by atoms with Gasteiger partial charge in [-0.15, -0.1) is 6.58 Å². The number of Topliss-reactive ketones (excluding diaryl/α,β-unsaturated/α-hetero) is 1. The second-order valence-electron chi connectivity index (χ2n) is 9.83. The molecule has 0 heterocycles. The molecular formula is C28H32O2. The largest absolute Gasteiger partial charge is 0.489 e. The number of ketones is 1. The van der Waals surface area contributed by atoms with Crippen molar-refractivity contribution in [3.8, 4) is 5.75 Å². The molecule has 0 saturated heterocycles. The van der Waals surface area contributed by atoms with Crippen LogP contribution < -0.4 is 4.74 Å². The average Bonchev–Trinajstić information content (AvgIpc) is 3.03. The third-order valence-electron chi connectivity index (χ3n) is 8.26. The molecule has 30 heavy (non-hydrogen) atoms. The molecule has 3 aliphatic rings. The summed E-state index contributed by atoms with van der Waals surface area (Å²) in [5.41, 5.74) is 4.06. The second kappa shape index (κ2) is 7.72. The Morgan fingerprint density at radius 3 is 2.80 bits per heavy atom. The molecule has 3 aliphatic carbocycles. The third kappa shape index (κ3) is 3.21. The Kier molecular flexibility index (Phi) is 5.05. The summed E-state index contributed by atoms with van der Waals surface area (Å²) in [4.78, 5) is 13.1. The number of hydrogen-bond donors (Lipinski definition) is 0.